The number of carbonyl (C=O) groups is 1. The van der Waals surface area contributed by atoms with Crippen molar-refractivity contribution in [1.82, 2.24) is 5.32 Å². The van der Waals surface area contributed by atoms with Crippen LogP contribution in [0.1, 0.15) is 30.3 Å². The summed E-state index contributed by atoms with van der Waals surface area (Å²) >= 11 is 7.52. The quantitative estimate of drug-likeness (QED) is 0.868. The van der Waals surface area contributed by atoms with E-state index in [1.807, 2.05) is 35.7 Å². The van der Waals surface area contributed by atoms with Crippen LogP contribution in [0.15, 0.2) is 35.7 Å². The van der Waals surface area contributed by atoms with Gasteiger partial charge >= 0.3 is 0 Å². The van der Waals surface area contributed by atoms with E-state index in [4.69, 9.17) is 11.6 Å². The van der Waals surface area contributed by atoms with E-state index in [2.05, 4.69) is 17.6 Å². The maximum absolute atomic E-state index is 11.1. The molecular formula is C15H17ClN2OS. The predicted molar refractivity (Wildman–Crippen MR) is 85.3 cm³/mol. The largest absolute Gasteiger partial charge is 0.325 e. The third-order valence-corrected chi connectivity index (χ3v) is 4.17. The van der Waals surface area contributed by atoms with Crippen molar-refractivity contribution in [3.8, 4) is 0 Å². The summed E-state index contributed by atoms with van der Waals surface area (Å²) in [4.78, 5) is 12.2. The number of hydrogen-bond donors (Lipinski definition) is 2. The lowest BCUT2D eigenvalue weighted by molar-refractivity contribution is -0.114. The van der Waals surface area contributed by atoms with Gasteiger partial charge in [-0.25, -0.2) is 0 Å². The summed E-state index contributed by atoms with van der Waals surface area (Å²) in [6.45, 7) is 4.34. The molecule has 0 radical (unpaired) electrons. The number of benzene rings is 1. The number of hydrogen-bond acceptors (Lipinski definition) is 3. The number of rotatable bonds is 5. The first-order valence-electron chi connectivity index (χ1n) is 6.39. The smallest absolute Gasteiger partial charge is 0.221 e. The van der Waals surface area contributed by atoms with Crippen molar-refractivity contribution in [2.45, 2.75) is 26.4 Å². The Morgan fingerprint density at radius 2 is 2.00 bits per heavy atom. The molecule has 1 atom stereocenters. The summed E-state index contributed by atoms with van der Waals surface area (Å²) in [6, 6.07) is 9.97. The Hall–Kier alpha value is -1.36. The lowest BCUT2D eigenvalue weighted by Gasteiger charge is -2.14. The Balaban J connectivity index is 1.96. The number of nitrogens with one attached hydrogen (secondary N) is 2. The fourth-order valence-corrected chi connectivity index (χ4v) is 2.80. The summed E-state index contributed by atoms with van der Waals surface area (Å²) in [6.07, 6.45) is 0. The summed E-state index contributed by atoms with van der Waals surface area (Å²) < 4.78 is 0. The van der Waals surface area contributed by atoms with E-state index in [1.54, 1.807) is 11.3 Å². The average molecular weight is 309 g/mol. The van der Waals surface area contributed by atoms with Gasteiger partial charge in [0.15, 0.2) is 0 Å². The van der Waals surface area contributed by atoms with Crippen LogP contribution in [0.5, 0.6) is 0 Å². The van der Waals surface area contributed by atoms with Gasteiger partial charge in [0, 0.05) is 29.4 Å². The molecule has 1 amide bonds. The second kappa shape index (κ2) is 6.88. The molecule has 2 rings (SSSR count). The topological polar surface area (TPSA) is 41.1 Å². The average Bonchev–Trinajstić information content (AvgIpc) is 2.83. The lowest BCUT2D eigenvalue weighted by Crippen LogP contribution is -2.18. The molecular weight excluding hydrogens is 292 g/mol. The van der Waals surface area contributed by atoms with E-state index in [0.717, 1.165) is 22.1 Å². The highest BCUT2D eigenvalue weighted by Crippen LogP contribution is 2.23. The third kappa shape index (κ3) is 4.07. The molecule has 3 nitrogen and oxygen atoms in total. The SMILES string of the molecule is CC(=O)Nc1ccsc1CN[C@H](C)c1ccc(Cl)cc1. The van der Waals surface area contributed by atoms with Crippen LogP contribution in [-0.2, 0) is 11.3 Å². The first kappa shape index (κ1) is 15.0. The molecule has 1 heterocycles. The van der Waals surface area contributed by atoms with Crippen molar-refractivity contribution in [2.75, 3.05) is 5.32 Å². The number of anilines is 1. The Kier molecular flexibility index (Phi) is 5.17. The minimum Gasteiger partial charge on any atom is -0.325 e. The molecule has 0 saturated heterocycles. The fraction of sp³-hybridized carbons (Fsp3) is 0.267. The zero-order chi connectivity index (χ0) is 14.5. The monoisotopic (exact) mass is 308 g/mol. The van der Waals surface area contributed by atoms with Crippen molar-refractivity contribution < 1.29 is 4.79 Å². The van der Waals surface area contributed by atoms with Gasteiger partial charge in [0.25, 0.3) is 0 Å². The number of thiophene rings is 1. The first-order valence-corrected chi connectivity index (χ1v) is 7.65. The van der Waals surface area contributed by atoms with Gasteiger partial charge in [0.05, 0.1) is 5.69 Å². The van der Waals surface area contributed by atoms with E-state index in [1.165, 1.54) is 12.5 Å². The Labute approximate surface area is 128 Å². The van der Waals surface area contributed by atoms with Gasteiger partial charge in [0.2, 0.25) is 5.91 Å². The van der Waals surface area contributed by atoms with Crippen LogP contribution in [0.4, 0.5) is 5.69 Å². The molecule has 0 aliphatic rings. The van der Waals surface area contributed by atoms with E-state index in [0.29, 0.717) is 0 Å². The second-order valence-electron chi connectivity index (χ2n) is 4.59. The summed E-state index contributed by atoms with van der Waals surface area (Å²) in [5.74, 6) is -0.0459. The van der Waals surface area contributed by atoms with Crippen LogP contribution in [0.2, 0.25) is 5.02 Å². The van der Waals surface area contributed by atoms with Crippen molar-refractivity contribution in [2.24, 2.45) is 0 Å². The van der Waals surface area contributed by atoms with Crippen LogP contribution < -0.4 is 10.6 Å². The lowest BCUT2D eigenvalue weighted by atomic mass is 10.1. The summed E-state index contributed by atoms with van der Waals surface area (Å²) in [7, 11) is 0. The molecule has 2 N–H and O–H groups in total. The van der Waals surface area contributed by atoms with Gasteiger partial charge in [0.1, 0.15) is 0 Å². The van der Waals surface area contributed by atoms with Gasteiger partial charge in [-0.1, -0.05) is 23.7 Å². The standard InChI is InChI=1S/C15H17ClN2OS/c1-10(12-3-5-13(16)6-4-12)17-9-15-14(7-8-20-15)18-11(2)19/h3-8,10,17H,9H2,1-2H3,(H,18,19)/t10-/m1/s1. The molecule has 0 bridgehead atoms. The van der Waals surface area contributed by atoms with Gasteiger partial charge in [-0.2, -0.15) is 0 Å². The van der Waals surface area contributed by atoms with E-state index < -0.39 is 0 Å². The Morgan fingerprint density at radius 1 is 1.30 bits per heavy atom. The van der Waals surface area contributed by atoms with Crippen LogP contribution >= 0.6 is 22.9 Å². The van der Waals surface area contributed by atoms with Gasteiger partial charge in [-0.3, -0.25) is 4.79 Å². The van der Waals surface area contributed by atoms with Crippen molar-refractivity contribution in [1.29, 1.82) is 0 Å². The second-order valence-corrected chi connectivity index (χ2v) is 6.03. The predicted octanol–water partition coefficient (Wildman–Crippen LogP) is 4.21. The number of carbonyl (C=O) groups excluding carboxylic acids is 1. The molecule has 5 heteroatoms. The van der Waals surface area contributed by atoms with Crippen molar-refractivity contribution in [3.63, 3.8) is 0 Å². The maximum atomic E-state index is 11.1. The van der Waals surface area contributed by atoms with Crippen molar-refractivity contribution >= 4 is 34.5 Å². The number of amides is 1. The van der Waals surface area contributed by atoms with Crippen LogP contribution in [0.25, 0.3) is 0 Å². The number of halogens is 1. The van der Waals surface area contributed by atoms with Crippen LogP contribution in [0, 0.1) is 0 Å². The molecule has 0 spiro atoms. The molecule has 20 heavy (non-hydrogen) atoms. The fourth-order valence-electron chi connectivity index (χ4n) is 1.89. The summed E-state index contributed by atoms with van der Waals surface area (Å²) in [5, 5.41) is 9.01. The molecule has 2 aromatic rings. The van der Waals surface area contributed by atoms with E-state index in [9.17, 15) is 4.79 Å². The van der Waals surface area contributed by atoms with Gasteiger partial charge in [-0.05, 0) is 36.1 Å². The van der Waals surface area contributed by atoms with Crippen LogP contribution in [-0.4, -0.2) is 5.91 Å². The third-order valence-electron chi connectivity index (χ3n) is 2.99. The first-order chi connectivity index (χ1) is 9.56. The minimum atomic E-state index is -0.0459. The normalized spacial score (nSPS) is 12.2. The molecule has 1 aromatic carbocycles. The highest BCUT2D eigenvalue weighted by molar-refractivity contribution is 7.10. The highest BCUT2D eigenvalue weighted by Gasteiger charge is 2.09. The van der Waals surface area contributed by atoms with E-state index in [-0.39, 0.29) is 11.9 Å². The van der Waals surface area contributed by atoms with Gasteiger partial charge < -0.3 is 10.6 Å². The summed E-state index contributed by atoms with van der Waals surface area (Å²) in [5.41, 5.74) is 2.07. The molecule has 0 aliphatic heterocycles. The van der Waals surface area contributed by atoms with Crippen LogP contribution in [0.3, 0.4) is 0 Å². The maximum Gasteiger partial charge on any atom is 0.221 e. The minimum absolute atomic E-state index is 0.0459. The Morgan fingerprint density at radius 3 is 2.65 bits per heavy atom. The molecule has 0 aliphatic carbocycles. The molecule has 0 fully saturated rings. The Bertz CT molecular complexity index is 580. The molecule has 1 aromatic heterocycles. The zero-order valence-electron chi connectivity index (χ0n) is 11.4. The highest BCUT2D eigenvalue weighted by atomic mass is 35.5. The molecule has 0 unspecified atom stereocenters. The van der Waals surface area contributed by atoms with E-state index >= 15 is 0 Å². The molecule has 106 valence electrons. The molecule has 0 saturated carbocycles. The van der Waals surface area contributed by atoms with Gasteiger partial charge in [-0.15, -0.1) is 11.3 Å². The van der Waals surface area contributed by atoms with Crippen molar-refractivity contribution in [3.05, 3.63) is 51.2 Å². The zero-order valence-corrected chi connectivity index (χ0v) is 13.0.